The van der Waals surface area contributed by atoms with Gasteiger partial charge >= 0.3 is 6.03 Å². The maximum atomic E-state index is 12.4. The van der Waals surface area contributed by atoms with Gasteiger partial charge in [-0.3, -0.25) is 4.79 Å². The Kier molecular flexibility index (Phi) is 6.11. The Bertz CT molecular complexity index is 625. The van der Waals surface area contributed by atoms with Crippen LogP contribution in [0.3, 0.4) is 0 Å². The lowest BCUT2D eigenvalue weighted by molar-refractivity contribution is -0.129. The largest absolute Gasteiger partial charge is 0.339 e. The number of aryl methyl sites for hydroxylation is 1. The van der Waals surface area contributed by atoms with Gasteiger partial charge in [0, 0.05) is 45.1 Å². The first kappa shape index (κ1) is 18.7. The molecule has 1 atom stereocenters. The number of carbonyl (C=O) groups excluding carboxylic acids is 2. The molecule has 3 amide bonds. The summed E-state index contributed by atoms with van der Waals surface area (Å²) in [6.07, 6.45) is 7.95. The van der Waals surface area contributed by atoms with E-state index >= 15 is 0 Å². The van der Waals surface area contributed by atoms with Crippen LogP contribution in [0.4, 0.5) is 4.79 Å². The van der Waals surface area contributed by atoms with Crippen LogP contribution in [0.5, 0.6) is 0 Å². The third-order valence-corrected chi connectivity index (χ3v) is 5.44. The van der Waals surface area contributed by atoms with Crippen LogP contribution in [0, 0.1) is 5.92 Å². The molecule has 1 N–H and O–H groups in total. The van der Waals surface area contributed by atoms with Crippen molar-refractivity contribution < 1.29 is 9.59 Å². The van der Waals surface area contributed by atoms with Crippen LogP contribution in [0.25, 0.3) is 0 Å². The van der Waals surface area contributed by atoms with Gasteiger partial charge in [0.05, 0.1) is 6.54 Å². The van der Waals surface area contributed by atoms with Gasteiger partial charge in [-0.15, -0.1) is 10.2 Å². The summed E-state index contributed by atoms with van der Waals surface area (Å²) in [5, 5.41) is 10.9. The molecular formula is C18H30N6O2. The second-order valence-electron chi connectivity index (χ2n) is 7.53. The average Bonchev–Trinajstić information content (AvgIpc) is 3.34. The molecule has 1 saturated heterocycles. The maximum Gasteiger partial charge on any atom is 0.317 e. The highest BCUT2D eigenvalue weighted by Gasteiger charge is 2.36. The van der Waals surface area contributed by atoms with Crippen LogP contribution in [0.15, 0.2) is 6.33 Å². The van der Waals surface area contributed by atoms with Gasteiger partial charge in [0.15, 0.2) is 5.82 Å². The van der Waals surface area contributed by atoms with E-state index in [9.17, 15) is 9.59 Å². The number of hydrogen-bond donors (Lipinski definition) is 1. The minimum atomic E-state index is -0.136. The van der Waals surface area contributed by atoms with Crippen molar-refractivity contribution >= 4 is 11.9 Å². The molecule has 0 unspecified atom stereocenters. The highest BCUT2D eigenvalue weighted by molar-refractivity contribution is 5.79. The number of amides is 3. The first-order valence-corrected chi connectivity index (χ1v) is 9.73. The molecule has 0 spiro atoms. The SMILES string of the molecule is CCCn1cnnc1CNC(=O)N(C)C[C@H]1CC(=O)N(C2CCCC2)C1. The van der Waals surface area contributed by atoms with E-state index in [1.54, 1.807) is 18.3 Å². The van der Waals surface area contributed by atoms with Crippen LogP contribution in [0.2, 0.25) is 0 Å². The highest BCUT2D eigenvalue weighted by Crippen LogP contribution is 2.29. The number of likely N-dealkylation sites (tertiary alicyclic amines) is 1. The van der Waals surface area contributed by atoms with E-state index < -0.39 is 0 Å². The van der Waals surface area contributed by atoms with Gasteiger partial charge in [-0.25, -0.2) is 4.79 Å². The molecule has 1 aromatic rings. The number of urea groups is 1. The fraction of sp³-hybridized carbons (Fsp3) is 0.778. The summed E-state index contributed by atoms with van der Waals surface area (Å²) in [5.74, 6) is 1.24. The van der Waals surface area contributed by atoms with Gasteiger partial charge < -0.3 is 19.7 Å². The summed E-state index contributed by atoms with van der Waals surface area (Å²) in [7, 11) is 1.79. The second kappa shape index (κ2) is 8.51. The zero-order chi connectivity index (χ0) is 18.5. The quantitative estimate of drug-likeness (QED) is 0.799. The van der Waals surface area contributed by atoms with Crippen molar-refractivity contribution in [1.82, 2.24) is 29.9 Å². The van der Waals surface area contributed by atoms with Gasteiger partial charge in [-0.05, 0) is 19.3 Å². The van der Waals surface area contributed by atoms with E-state index in [1.165, 1.54) is 12.8 Å². The fourth-order valence-corrected chi connectivity index (χ4v) is 4.10. The van der Waals surface area contributed by atoms with Crippen LogP contribution in [-0.4, -0.2) is 62.7 Å². The number of nitrogens with zero attached hydrogens (tertiary/aromatic N) is 5. The lowest BCUT2D eigenvalue weighted by Gasteiger charge is -2.25. The van der Waals surface area contributed by atoms with Crippen molar-refractivity contribution in [3.63, 3.8) is 0 Å². The Labute approximate surface area is 154 Å². The Hall–Kier alpha value is -2.12. The van der Waals surface area contributed by atoms with Gasteiger partial charge in [-0.2, -0.15) is 0 Å². The third-order valence-electron chi connectivity index (χ3n) is 5.44. The Balaban J connectivity index is 1.45. The van der Waals surface area contributed by atoms with E-state index in [2.05, 4.69) is 27.3 Å². The molecule has 2 fully saturated rings. The smallest absolute Gasteiger partial charge is 0.317 e. The van der Waals surface area contributed by atoms with Gasteiger partial charge in [0.25, 0.3) is 0 Å². The molecular weight excluding hydrogens is 332 g/mol. The van der Waals surface area contributed by atoms with Gasteiger partial charge in [0.1, 0.15) is 6.33 Å². The first-order valence-electron chi connectivity index (χ1n) is 9.73. The van der Waals surface area contributed by atoms with E-state index in [1.807, 2.05) is 4.57 Å². The molecule has 2 aliphatic rings. The summed E-state index contributed by atoms with van der Waals surface area (Å²) in [4.78, 5) is 28.4. The lowest BCUT2D eigenvalue weighted by atomic mass is 10.1. The summed E-state index contributed by atoms with van der Waals surface area (Å²) >= 11 is 0. The Morgan fingerprint density at radius 3 is 2.88 bits per heavy atom. The molecule has 144 valence electrons. The molecule has 1 aliphatic heterocycles. The van der Waals surface area contributed by atoms with E-state index in [0.717, 1.165) is 38.2 Å². The Morgan fingerprint density at radius 1 is 1.38 bits per heavy atom. The predicted octanol–water partition coefficient (Wildman–Crippen LogP) is 1.62. The van der Waals surface area contributed by atoms with E-state index in [0.29, 0.717) is 25.6 Å². The van der Waals surface area contributed by atoms with Crippen LogP contribution >= 0.6 is 0 Å². The number of aromatic nitrogens is 3. The molecule has 1 aliphatic carbocycles. The Morgan fingerprint density at radius 2 is 2.15 bits per heavy atom. The van der Waals surface area contributed by atoms with Crippen molar-refractivity contribution in [3.05, 3.63) is 12.2 Å². The number of nitrogens with one attached hydrogen (secondary N) is 1. The molecule has 2 heterocycles. The standard InChI is InChI=1S/C18H30N6O2/c1-3-8-23-13-20-21-16(23)10-19-18(26)22(2)11-14-9-17(25)24(12-14)15-6-4-5-7-15/h13-15H,3-12H2,1-2H3,(H,19,26)/t14-/m1/s1. The van der Waals surface area contributed by atoms with Gasteiger partial charge in [-0.1, -0.05) is 19.8 Å². The maximum absolute atomic E-state index is 12.4. The monoisotopic (exact) mass is 362 g/mol. The molecule has 0 aromatic carbocycles. The zero-order valence-electron chi connectivity index (χ0n) is 15.9. The predicted molar refractivity (Wildman–Crippen MR) is 97.3 cm³/mol. The summed E-state index contributed by atoms with van der Waals surface area (Å²) < 4.78 is 1.95. The molecule has 8 nitrogen and oxygen atoms in total. The molecule has 1 aromatic heterocycles. The summed E-state index contributed by atoms with van der Waals surface area (Å²) in [6.45, 7) is 4.68. The normalized spacial score (nSPS) is 20.8. The van der Waals surface area contributed by atoms with Crippen molar-refractivity contribution in [1.29, 1.82) is 0 Å². The van der Waals surface area contributed by atoms with Crippen molar-refractivity contribution in [2.24, 2.45) is 5.92 Å². The van der Waals surface area contributed by atoms with E-state index in [4.69, 9.17) is 0 Å². The minimum absolute atomic E-state index is 0.136. The molecule has 26 heavy (non-hydrogen) atoms. The van der Waals surface area contributed by atoms with Crippen LogP contribution in [-0.2, 0) is 17.9 Å². The van der Waals surface area contributed by atoms with E-state index in [-0.39, 0.29) is 17.9 Å². The molecule has 0 bridgehead atoms. The number of hydrogen-bond acceptors (Lipinski definition) is 4. The fourth-order valence-electron chi connectivity index (χ4n) is 4.10. The number of rotatable bonds is 7. The molecule has 8 heteroatoms. The van der Waals surface area contributed by atoms with Crippen molar-refractivity contribution in [3.8, 4) is 0 Å². The van der Waals surface area contributed by atoms with Crippen molar-refractivity contribution in [2.45, 2.75) is 64.6 Å². The van der Waals surface area contributed by atoms with Crippen LogP contribution in [0.1, 0.15) is 51.3 Å². The zero-order valence-corrected chi connectivity index (χ0v) is 15.9. The minimum Gasteiger partial charge on any atom is -0.339 e. The second-order valence-corrected chi connectivity index (χ2v) is 7.53. The summed E-state index contributed by atoms with van der Waals surface area (Å²) in [5.41, 5.74) is 0. The topological polar surface area (TPSA) is 83.4 Å². The lowest BCUT2D eigenvalue weighted by Crippen LogP contribution is -2.41. The molecule has 3 rings (SSSR count). The highest BCUT2D eigenvalue weighted by atomic mass is 16.2. The third kappa shape index (κ3) is 4.34. The first-order chi connectivity index (χ1) is 12.6. The average molecular weight is 362 g/mol. The van der Waals surface area contributed by atoms with Gasteiger partial charge in [0.2, 0.25) is 5.91 Å². The molecule has 1 saturated carbocycles. The number of carbonyl (C=O) groups is 2. The summed E-state index contributed by atoms with van der Waals surface area (Å²) in [6, 6.07) is 0.291. The molecule has 0 radical (unpaired) electrons. The van der Waals surface area contributed by atoms with Crippen LogP contribution < -0.4 is 5.32 Å². The van der Waals surface area contributed by atoms with Crippen molar-refractivity contribution in [2.75, 3.05) is 20.1 Å².